The molecule has 3 aliphatic heterocycles. The number of hydrogen-bond donors (Lipinski definition) is 2. The van der Waals surface area contributed by atoms with Gasteiger partial charge in [0.25, 0.3) is 0 Å². The molecule has 12 nitrogen and oxygen atoms in total. The van der Waals surface area contributed by atoms with Crippen molar-refractivity contribution in [2.24, 2.45) is 10.8 Å². The zero-order valence-corrected chi connectivity index (χ0v) is 31.5. The number of rotatable bonds is 6. The zero-order valence-electron chi connectivity index (χ0n) is 31.5. The summed E-state index contributed by atoms with van der Waals surface area (Å²) in [4.78, 5) is 35.0. The van der Waals surface area contributed by atoms with E-state index >= 15 is 0 Å². The number of aliphatic hydroxyl groups excluding tert-OH is 2. The summed E-state index contributed by atoms with van der Waals surface area (Å²) in [5, 5.41) is 21.8. The molecule has 12 heteroatoms. The summed E-state index contributed by atoms with van der Waals surface area (Å²) in [5.74, 6) is -0.902. The van der Waals surface area contributed by atoms with Gasteiger partial charge in [0.05, 0.1) is 12.2 Å². The van der Waals surface area contributed by atoms with Crippen molar-refractivity contribution in [2.45, 2.75) is 103 Å². The largest absolute Gasteiger partial charge is 0.457 e. The fourth-order valence-electron chi connectivity index (χ4n) is 5.73. The van der Waals surface area contributed by atoms with Crippen LogP contribution in [0.3, 0.4) is 0 Å². The summed E-state index contributed by atoms with van der Waals surface area (Å²) in [7, 11) is 0. The van der Waals surface area contributed by atoms with Crippen LogP contribution in [0.25, 0.3) is 12.2 Å². The quantitative estimate of drug-likeness (QED) is 0.178. The monoisotopic (exact) mass is 742 g/mol. The summed E-state index contributed by atoms with van der Waals surface area (Å²) >= 11 is 0. The van der Waals surface area contributed by atoms with Gasteiger partial charge in [0.15, 0.2) is 11.4 Å². The average Bonchev–Trinajstić information content (AvgIpc) is 3.93. The van der Waals surface area contributed by atoms with E-state index in [0.29, 0.717) is 12.8 Å². The first-order valence-corrected chi connectivity index (χ1v) is 18.1. The Hall–Kier alpha value is -4.88. The Balaban J connectivity index is 1.35. The van der Waals surface area contributed by atoms with Crippen molar-refractivity contribution in [3.05, 3.63) is 121 Å². The number of carbonyl (C=O) groups is 2. The van der Waals surface area contributed by atoms with Gasteiger partial charge in [-0.3, -0.25) is 0 Å². The maximum atomic E-state index is 13.2. The number of oxazole rings is 2. The molecule has 3 aliphatic rings. The summed E-state index contributed by atoms with van der Waals surface area (Å²) in [6.07, 6.45) is 27.7. The predicted octanol–water partition coefficient (Wildman–Crippen LogP) is 6.92. The van der Waals surface area contributed by atoms with Gasteiger partial charge >= 0.3 is 11.9 Å². The molecule has 0 amide bonds. The molecule has 5 rings (SSSR count). The van der Waals surface area contributed by atoms with Crippen molar-refractivity contribution in [3.8, 4) is 0 Å². The number of nitrogens with zero attached hydrogens (tertiary/aromatic N) is 2. The maximum Gasteiger partial charge on any atom is 0.360 e. The van der Waals surface area contributed by atoms with E-state index < -0.39 is 47.2 Å². The molecule has 2 aromatic rings. The second-order valence-electron chi connectivity index (χ2n) is 14.5. The molecule has 2 fully saturated rings. The minimum Gasteiger partial charge on any atom is -0.457 e. The van der Waals surface area contributed by atoms with Gasteiger partial charge in [-0.25, -0.2) is 19.6 Å². The van der Waals surface area contributed by atoms with Gasteiger partial charge in [-0.2, -0.15) is 0 Å². The first kappa shape index (κ1) is 40.3. The molecule has 5 heterocycles. The summed E-state index contributed by atoms with van der Waals surface area (Å²) in [6, 6.07) is 0. The number of allylic oxidation sites excluding steroid dienone is 6. The highest BCUT2D eigenvalue weighted by molar-refractivity contribution is 5.87. The third kappa shape index (κ3) is 10.6. The minimum absolute atomic E-state index is 0.00877. The summed E-state index contributed by atoms with van der Waals surface area (Å²) in [6.45, 7) is 11.0. The molecule has 0 spiro atoms. The van der Waals surface area contributed by atoms with Crippen molar-refractivity contribution in [1.82, 2.24) is 9.97 Å². The van der Waals surface area contributed by atoms with E-state index in [0.717, 1.165) is 0 Å². The Labute approximate surface area is 315 Å². The number of hydrogen-bond acceptors (Lipinski definition) is 12. The summed E-state index contributed by atoms with van der Waals surface area (Å²) < 4.78 is 34.3. The Morgan fingerprint density at radius 1 is 0.648 bits per heavy atom. The number of aromatic nitrogens is 2. The lowest BCUT2D eigenvalue weighted by molar-refractivity contribution is -0.0461. The topological polar surface area (TPSA) is 170 Å². The van der Waals surface area contributed by atoms with Crippen LogP contribution >= 0.6 is 0 Å². The van der Waals surface area contributed by atoms with Gasteiger partial charge in [0.2, 0.25) is 11.8 Å². The highest BCUT2D eigenvalue weighted by atomic mass is 16.6. The van der Waals surface area contributed by atoms with Crippen LogP contribution in [-0.4, -0.2) is 81.0 Å². The molecule has 0 aliphatic carbocycles. The normalized spacial score (nSPS) is 30.5. The number of carbonyl (C=O) groups excluding carboxylic acids is 2. The molecule has 8 unspecified atom stereocenters. The van der Waals surface area contributed by atoms with Crippen LogP contribution in [0.2, 0.25) is 0 Å². The average molecular weight is 743 g/mol. The molecular formula is C42H50N2O10. The Morgan fingerprint density at radius 2 is 1.04 bits per heavy atom. The van der Waals surface area contributed by atoms with Crippen molar-refractivity contribution >= 4 is 24.1 Å². The van der Waals surface area contributed by atoms with Crippen molar-refractivity contribution < 1.29 is 47.6 Å². The van der Waals surface area contributed by atoms with Crippen molar-refractivity contribution in [1.29, 1.82) is 0 Å². The van der Waals surface area contributed by atoms with Gasteiger partial charge in [-0.1, -0.05) is 113 Å². The molecule has 8 atom stereocenters. The van der Waals surface area contributed by atoms with Crippen LogP contribution in [0.5, 0.6) is 0 Å². The van der Waals surface area contributed by atoms with E-state index in [1.165, 1.54) is 12.5 Å². The van der Waals surface area contributed by atoms with Crippen molar-refractivity contribution in [2.75, 3.05) is 0 Å². The molecular weight excluding hydrogens is 692 g/mol. The SMILES string of the molecule is C/C=C/C(O)C(C)(C)C1C/C=C\C2OC2/C=C/C=C\c2nc(co2)C(=O)OC(C(C)(C)C(O)/C=C/C)C/C=C\C2OC2/C=C/C=C\c2nc(co2)C(=O)O1. The van der Waals surface area contributed by atoms with Crippen LogP contribution in [0.4, 0.5) is 0 Å². The third-order valence-electron chi connectivity index (χ3n) is 9.67. The van der Waals surface area contributed by atoms with E-state index in [9.17, 15) is 19.8 Å². The van der Waals surface area contributed by atoms with Crippen LogP contribution in [0, 0.1) is 10.8 Å². The molecule has 2 saturated heterocycles. The number of fused-ring (bicyclic) bond motifs is 6. The van der Waals surface area contributed by atoms with Gasteiger partial charge in [0, 0.05) is 35.8 Å². The lowest BCUT2D eigenvalue weighted by Gasteiger charge is -2.36. The molecule has 2 aromatic heterocycles. The fourth-order valence-corrected chi connectivity index (χ4v) is 5.73. The molecule has 288 valence electrons. The van der Waals surface area contributed by atoms with Crippen LogP contribution in [0.15, 0.2) is 106 Å². The lowest BCUT2D eigenvalue weighted by Crippen LogP contribution is -2.42. The first-order valence-electron chi connectivity index (χ1n) is 18.1. The van der Waals surface area contributed by atoms with Crippen LogP contribution in [-0.2, 0) is 18.9 Å². The van der Waals surface area contributed by atoms with E-state index in [4.69, 9.17) is 27.8 Å². The second-order valence-corrected chi connectivity index (χ2v) is 14.5. The van der Waals surface area contributed by atoms with Crippen LogP contribution in [0.1, 0.15) is 87.1 Å². The predicted molar refractivity (Wildman–Crippen MR) is 202 cm³/mol. The molecule has 0 saturated carbocycles. The van der Waals surface area contributed by atoms with Gasteiger partial charge in [-0.05, 0) is 13.8 Å². The molecule has 4 bridgehead atoms. The fraction of sp³-hybridized carbons (Fsp3) is 0.429. The number of ether oxygens (including phenoxy) is 4. The first-order chi connectivity index (χ1) is 25.8. The standard InChI is InChI=1S/C42H50N2O10/c1-7-15-33(45)41(3,4)35-21-13-19-31-29(51-31)17-9-12-24-38-44-28(26-50-38)40(48)54-36(42(5,6)34(46)16-8-2)22-14-20-32-30(52-32)18-10-11-23-37-43-27(25-49-37)39(47)53-35/h7-20,23-26,29-36,45-46H,21-22H2,1-6H3/b15-7+,16-8+,17-9+,18-10+,19-13-,20-14-,23-11-,24-12-. The van der Waals surface area contributed by atoms with Gasteiger partial charge in [-0.15, -0.1) is 0 Å². The Morgan fingerprint density at radius 3 is 1.43 bits per heavy atom. The van der Waals surface area contributed by atoms with Gasteiger partial charge < -0.3 is 38.0 Å². The number of esters is 2. The van der Waals surface area contributed by atoms with E-state index in [-0.39, 0.29) is 47.6 Å². The van der Waals surface area contributed by atoms with E-state index in [1.807, 2.05) is 78.0 Å². The number of cyclic esters (lactones) is 2. The van der Waals surface area contributed by atoms with Crippen LogP contribution < -0.4 is 0 Å². The Bertz CT molecular complexity index is 1700. The van der Waals surface area contributed by atoms with Crippen molar-refractivity contribution in [3.63, 3.8) is 0 Å². The summed E-state index contributed by atoms with van der Waals surface area (Å²) in [5.41, 5.74) is -1.65. The lowest BCUT2D eigenvalue weighted by atomic mass is 9.79. The molecule has 2 N–H and O–H groups in total. The number of epoxide rings is 2. The van der Waals surface area contributed by atoms with E-state index in [1.54, 1.807) is 60.8 Å². The van der Waals surface area contributed by atoms with Gasteiger partial charge in [0.1, 0.15) is 49.2 Å². The zero-order chi connectivity index (χ0) is 38.9. The Kier molecular flexibility index (Phi) is 13.4. The highest BCUT2D eigenvalue weighted by Crippen LogP contribution is 2.34. The second kappa shape index (κ2) is 18.0. The number of aliphatic hydroxyl groups is 2. The minimum atomic E-state index is -0.874. The highest BCUT2D eigenvalue weighted by Gasteiger charge is 2.40. The maximum absolute atomic E-state index is 13.2. The smallest absolute Gasteiger partial charge is 0.360 e. The molecule has 0 aromatic carbocycles. The molecule has 54 heavy (non-hydrogen) atoms. The third-order valence-corrected chi connectivity index (χ3v) is 9.67. The molecule has 0 radical (unpaired) electrons. The van der Waals surface area contributed by atoms with E-state index in [2.05, 4.69) is 9.97 Å².